The summed E-state index contributed by atoms with van der Waals surface area (Å²) in [6.07, 6.45) is 5.67. The van der Waals surface area contributed by atoms with Crippen LogP contribution in [0.2, 0.25) is 0 Å². The van der Waals surface area contributed by atoms with E-state index >= 15 is 0 Å². The van der Waals surface area contributed by atoms with Gasteiger partial charge in [0.2, 0.25) is 5.91 Å². The Hall–Kier alpha value is -2.47. The van der Waals surface area contributed by atoms with Crippen LogP contribution in [0.15, 0.2) is 59.5 Å². The molecule has 1 N–H and O–H groups in total. The number of carbonyl (C=O) groups excluding carboxylic acids is 1. The maximum absolute atomic E-state index is 12.1. The number of carbonyl (C=O) groups is 1. The van der Waals surface area contributed by atoms with Crippen LogP contribution < -0.4 is 5.32 Å². The summed E-state index contributed by atoms with van der Waals surface area (Å²) < 4.78 is 2.80. The number of aromatic nitrogens is 3. The van der Waals surface area contributed by atoms with Crippen LogP contribution in [-0.4, -0.2) is 20.7 Å². The highest BCUT2D eigenvalue weighted by Gasteiger charge is 2.06. The first kappa shape index (κ1) is 16.4. The Labute approximate surface area is 148 Å². The van der Waals surface area contributed by atoms with Gasteiger partial charge < -0.3 is 5.32 Å². The fraction of sp³-hybridized carbons (Fsp3) is 0.167. The number of rotatable bonds is 5. The quantitative estimate of drug-likeness (QED) is 0.734. The van der Waals surface area contributed by atoms with E-state index in [0.29, 0.717) is 13.0 Å². The van der Waals surface area contributed by atoms with Crippen LogP contribution in [-0.2, 0) is 24.8 Å². The third kappa shape index (κ3) is 4.08. The summed E-state index contributed by atoms with van der Waals surface area (Å²) in [6, 6.07) is 11.7. The molecule has 0 saturated heterocycles. The van der Waals surface area contributed by atoms with E-state index in [0.717, 1.165) is 26.9 Å². The Balaban J connectivity index is 1.61. The fourth-order valence-electron chi connectivity index (χ4n) is 2.43. The monoisotopic (exact) mass is 384 g/mol. The molecule has 1 aromatic carbocycles. The van der Waals surface area contributed by atoms with Crippen molar-refractivity contribution in [3.8, 4) is 11.3 Å². The molecular formula is C18H17BrN4O. The van der Waals surface area contributed by atoms with E-state index < -0.39 is 0 Å². The molecule has 0 saturated carbocycles. The molecule has 0 aliphatic heterocycles. The van der Waals surface area contributed by atoms with E-state index in [-0.39, 0.29) is 5.91 Å². The molecule has 0 radical (unpaired) electrons. The highest BCUT2D eigenvalue weighted by molar-refractivity contribution is 9.10. The maximum atomic E-state index is 12.1. The van der Waals surface area contributed by atoms with Crippen molar-refractivity contribution in [2.75, 3.05) is 0 Å². The standard InChI is InChI=1S/C18H17BrN4O/c1-23-17(6-7-22-23)15-8-14(10-20-12-15)11-21-18(24)9-13-2-4-16(19)5-3-13/h2-8,10,12H,9,11H2,1H3,(H,21,24). The molecule has 24 heavy (non-hydrogen) atoms. The van der Waals surface area contributed by atoms with Crippen molar-refractivity contribution in [1.29, 1.82) is 0 Å². The average molecular weight is 385 g/mol. The van der Waals surface area contributed by atoms with Crippen molar-refractivity contribution in [2.24, 2.45) is 7.05 Å². The first-order valence-electron chi connectivity index (χ1n) is 7.55. The number of hydrogen-bond acceptors (Lipinski definition) is 3. The molecule has 0 aliphatic rings. The molecule has 2 heterocycles. The van der Waals surface area contributed by atoms with Crippen molar-refractivity contribution in [3.05, 3.63) is 70.6 Å². The van der Waals surface area contributed by atoms with Crippen LogP contribution in [0.4, 0.5) is 0 Å². The summed E-state index contributed by atoms with van der Waals surface area (Å²) in [5.74, 6) is -0.0109. The highest BCUT2D eigenvalue weighted by Crippen LogP contribution is 2.18. The molecule has 2 aromatic heterocycles. The van der Waals surface area contributed by atoms with Crippen molar-refractivity contribution in [1.82, 2.24) is 20.1 Å². The second-order valence-electron chi connectivity index (χ2n) is 5.50. The number of pyridine rings is 1. The van der Waals surface area contributed by atoms with Gasteiger partial charge in [0.1, 0.15) is 0 Å². The minimum Gasteiger partial charge on any atom is -0.352 e. The summed E-state index contributed by atoms with van der Waals surface area (Å²) in [5.41, 5.74) is 3.91. The first-order valence-corrected chi connectivity index (χ1v) is 8.34. The summed E-state index contributed by atoms with van der Waals surface area (Å²) in [7, 11) is 1.89. The van der Waals surface area contributed by atoms with Gasteiger partial charge in [-0.15, -0.1) is 0 Å². The predicted molar refractivity (Wildman–Crippen MR) is 96.1 cm³/mol. The van der Waals surface area contributed by atoms with E-state index in [1.54, 1.807) is 23.3 Å². The predicted octanol–water partition coefficient (Wildman–Crippen LogP) is 3.10. The molecule has 0 aliphatic carbocycles. The van der Waals surface area contributed by atoms with Gasteiger partial charge in [0.15, 0.2) is 0 Å². The van der Waals surface area contributed by atoms with Crippen LogP contribution in [0.3, 0.4) is 0 Å². The lowest BCUT2D eigenvalue weighted by Crippen LogP contribution is -2.24. The highest BCUT2D eigenvalue weighted by atomic mass is 79.9. The van der Waals surface area contributed by atoms with Gasteiger partial charge in [0, 0.05) is 42.2 Å². The van der Waals surface area contributed by atoms with Gasteiger partial charge in [0.25, 0.3) is 0 Å². The second-order valence-corrected chi connectivity index (χ2v) is 6.42. The molecule has 3 aromatic rings. The van der Waals surface area contributed by atoms with Crippen molar-refractivity contribution >= 4 is 21.8 Å². The molecule has 0 atom stereocenters. The molecule has 0 bridgehead atoms. The summed E-state index contributed by atoms with van der Waals surface area (Å²) in [6.45, 7) is 0.452. The maximum Gasteiger partial charge on any atom is 0.224 e. The van der Waals surface area contributed by atoms with Crippen molar-refractivity contribution in [2.45, 2.75) is 13.0 Å². The van der Waals surface area contributed by atoms with E-state index in [9.17, 15) is 4.79 Å². The Morgan fingerprint density at radius 1 is 1.17 bits per heavy atom. The Kier molecular flexibility index (Phi) is 5.05. The third-order valence-corrected chi connectivity index (χ3v) is 4.21. The lowest BCUT2D eigenvalue weighted by atomic mass is 10.1. The number of nitrogens with one attached hydrogen (secondary N) is 1. The normalized spacial score (nSPS) is 10.6. The molecule has 6 heteroatoms. The molecular weight excluding hydrogens is 368 g/mol. The third-order valence-electron chi connectivity index (χ3n) is 3.68. The van der Waals surface area contributed by atoms with Gasteiger partial charge in [0.05, 0.1) is 12.1 Å². The van der Waals surface area contributed by atoms with Crippen LogP contribution in [0.25, 0.3) is 11.3 Å². The van der Waals surface area contributed by atoms with Crippen molar-refractivity contribution in [3.63, 3.8) is 0 Å². The lowest BCUT2D eigenvalue weighted by Gasteiger charge is -2.07. The molecule has 3 rings (SSSR count). The SMILES string of the molecule is Cn1nccc1-c1cncc(CNC(=O)Cc2ccc(Br)cc2)c1. The number of benzene rings is 1. The van der Waals surface area contributed by atoms with Crippen molar-refractivity contribution < 1.29 is 4.79 Å². The summed E-state index contributed by atoms with van der Waals surface area (Å²) >= 11 is 3.39. The zero-order valence-electron chi connectivity index (χ0n) is 13.2. The first-order chi connectivity index (χ1) is 11.6. The zero-order valence-corrected chi connectivity index (χ0v) is 14.8. The van der Waals surface area contributed by atoms with E-state index in [1.165, 1.54) is 0 Å². The largest absolute Gasteiger partial charge is 0.352 e. The van der Waals surface area contributed by atoms with E-state index in [4.69, 9.17) is 0 Å². The lowest BCUT2D eigenvalue weighted by molar-refractivity contribution is -0.120. The van der Waals surface area contributed by atoms with Crippen LogP contribution in [0.1, 0.15) is 11.1 Å². The van der Waals surface area contributed by atoms with Crippen LogP contribution in [0.5, 0.6) is 0 Å². The van der Waals surface area contributed by atoms with Gasteiger partial charge in [-0.3, -0.25) is 14.5 Å². The Morgan fingerprint density at radius 2 is 1.96 bits per heavy atom. The molecule has 0 unspecified atom stereocenters. The van der Waals surface area contributed by atoms with E-state index in [2.05, 4.69) is 31.3 Å². The van der Waals surface area contributed by atoms with Gasteiger partial charge in [-0.2, -0.15) is 5.10 Å². The fourth-order valence-corrected chi connectivity index (χ4v) is 2.70. The number of aryl methyl sites for hydroxylation is 1. The summed E-state index contributed by atoms with van der Waals surface area (Å²) in [5, 5.41) is 7.10. The minimum atomic E-state index is -0.0109. The molecule has 0 fully saturated rings. The molecule has 5 nitrogen and oxygen atoms in total. The Bertz CT molecular complexity index is 842. The topological polar surface area (TPSA) is 59.8 Å². The smallest absolute Gasteiger partial charge is 0.224 e. The molecule has 1 amide bonds. The second kappa shape index (κ2) is 7.40. The number of nitrogens with zero attached hydrogens (tertiary/aromatic N) is 3. The summed E-state index contributed by atoms with van der Waals surface area (Å²) in [4.78, 5) is 16.3. The van der Waals surface area contributed by atoms with Gasteiger partial charge in [-0.25, -0.2) is 0 Å². The number of amides is 1. The van der Waals surface area contributed by atoms with Crippen LogP contribution >= 0.6 is 15.9 Å². The Morgan fingerprint density at radius 3 is 2.67 bits per heavy atom. The average Bonchev–Trinajstić information content (AvgIpc) is 3.01. The molecule has 122 valence electrons. The zero-order chi connectivity index (χ0) is 16.9. The van der Waals surface area contributed by atoms with E-state index in [1.807, 2.05) is 43.4 Å². The van der Waals surface area contributed by atoms with Crippen LogP contribution in [0, 0.1) is 0 Å². The minimum absolute atomic E-state index is 0.0109. The number of halogens is 1. The number of hydrogen-bond donors (Lipinski definition) is 1. The molecule has 0 spiro atoms. The van der Waals surface area contributed by atoms with Gasteiger partial charge in [-0.1, -0.05) is 28.1 Å². The van der Waals surface area contributed by atoms with Gasteiger partial charge >= 0.3 is 0 Å². The van der Waals surface area contributed by atoms with Gasteiger partial charge in [-0.05, 0) is 35.4 Å².